The van der Waals surface area contributed by atoms with Gasteiger partial charge in [0.1, 0.15) is 5.75 Å². The summed E-state index contributed by atoms with van der Waals surface area (Å²) in [4.78, 5) is 33.2. The zero-order chi connectivity index (χ0) is 17.2. The number of amides is 2. The van der Waals surface area contributed by atoms with Gasteiger partial charge >= 0.3 is 17.8 Å². The first-order chi connectivity index (χ1) is 10.9. The molecule has 1 aromatic carbocycles. The first kappa shape index (κ1) is 18.2. The Morgan fingerprint density at radius 2 is 2.09 bits per heavy atom. The number of carbonyl (C=O) groups is 3. The highest BCUT2D eigenvalue weighted by atomic mass is 35.5. The lowest BCUT2D eigenvalue weighted by Gasteiger charge is -2.07. The maximum atomic E-state index is 11.4. The van der Waals surface area contributed by atoms with Crippen molar-refractivity contribution in [3.05, 3.63) is 41.4 Å². The molecule has 0 spiro atoms. The lowest BCUT2D eigenvalue weighted by molar-refractivity contribution is -0.139. The number of halogens is 1. The summed E-state index contributed by atoms with van der Waals surface area (Å²) in [5.41, 5.74) is 2.36. The Morgan fingerprint density at radius 3 is 2.74 bits per heavy atom. The molecule has 1 aromatic rings. The Labute approximate surface area is 136 Å². The minimum atomic E-state index is -1.14. The molecule has 0 unspecified atom stereocenters. The van der Waals surface area contributed by atoms with Crippen molar-refractivity contribution in [2.75, 3.05) is 13.2 Å². The van der Waals surface area contributed by atoms with Crippen LogP contribution >= 0.6 is 11.6 Å². The third-order valence-corrected chi connectivity index (χ3v) is 2.54. The normalized spacial score (nSPS) is 10.1. The van der Waals surface area contributed by atoms with Gasteiger partial charge in [0.05, 0.1) is 6.21 Å². The van der Waals surface area contributed by atoms with Gasteiger partial charge in [-0.05, 0) is 18.2 Å². The van der Waals surface area contributed by atoms with Crippen molar-refractivity contribution in [3.8, 4) is 5.75 Å². The molecule has 1 rings (SSSR count). The van der Waals surface area contributed by atoms with E-state index >= 15 is 0 Å². The van der Waals surface area contributed by atoms with E-state index in [-0.39, 0.29) is 12.3 Å². The van der Waals surface area contributed by atoms with E-state index in [2.05, 4.69) is 17.0 Å². The summed E-state index contributed by atoms with van der Waals surface area (Å²) in [5.74, 6) is -2.76. The van der Waals surface area contributed by atoms with E-state index in [0.717, 1.165) is 0 Å². The van der Waals surface area contributed by atoms with Crippen molar-refractivity contribution in [2.24, 2.45) is 5.10 Å². The number of rotatable bonds is 7. The number of aliphatic carboxylic acids is 1. The minimum absolute atomic E-state index is 0.150. The average molecular weight is 340 g/mol. The summed E-state index contributed by atoms with van der Waals surface area (Å²) < 4.78 is 5.06. The minimum Gasteiger partial charge on any atom is -0.481 e. The van der Waals surface area contributed by atoms with Crippen LogP contribution in [0, 0.1) is 0 Å². The highest BCUT2D eigenvalue weighted by Crippen LogP contribution is 2.21. The molecule has 0 saturated carbocycles. The summed E-state index contributed by atoms with van der Waals surface area (Å²) in [5, 5.41) is 14.9. The van der Waals surface area contributed by atoms with Crippen LogP contribution in [0.1, 0.15) is 5.56 Å². The number of hydrogen-bond acceptors (Lipinski definition) is 5. The quantitative estimate of drug-likeness (QED) is 0.290. The summed E-state index contributed by atoms with van der Waals surface area (Å²) in [6.45, 7) is 3.00. The molecule has 0 saturated heterocycles. The maximum absolute atomic E-state index is 11.4. The second-order valence-electron chi connectivity index (χ2n) is 4.06. The van der Waals surface area contributed by atoms with E-state index in [1.807, 2.05) is 5.43 Å². The predicted octanol–water partition coefficient (Wildman–Crippen LogP) is 0.556. The average Bonchev–Trinajstić information content (AvgIpc) is 2.51. The van der Waals surface area contributed by atoms with Crippen LogP contribution in [0.25, 0.3) is 0 Å². The Balaban J connectivity index is 2.72. The van der Waals surface area contributed by atoms with Crippen molar-refractivity contribution in [1.82, 2.24) is 10.7 Å². The second kappa shape index (κ2) is 9.21. The van der Waals surface area contributed by atoms with Crippen LogP contribution < -0.4 is 15.5 Å². The van der Waals surface area contributed by atoms with Crippen LogP contribution in [0.4, 0.5) is 0 Å². The number of ether oxygens (including phenoxy) is 1. The van der Waals surface area contributed by atoms with E-state index in [0.29, 0.717) is 10.6 Å². The largest absolute Gasteiger partial charge is 0.481 e. The zero-order valence-corrected chi connectivity index (χ0v) is 12.7. The van der Waals surface area contributed by atoms with Crippen LogP contribution in [0.3, 0.4) is 0 Å². The predicted molar refractivity (Wildman–Crippen MR) is 83.5 cm³/mol. The van der Waals surface area contributed by atoms with Crippen molar-refractivity contribution in [2.45, 2.75) is 0 Å². The number of carbonyl (C=O) groups excluding carboxylic acids is 2. The molecule has 23 heavy (non-hydrogen) atoms. The van der Waals surface area contributed by atoms with Gasteiger partial charge in [0.2, 0.25) is 0 Å². The molecule has 0 radical (unpaired) electrons. The molecule has 0 aliphatic carbocycles. The number of carboxylic acids is 1. The first-order valence-corrected chi connectivity index (χ1v) is 6.68. The number of benzene rings is 1. The zero-order valence-electron chi connectivity index (χ0n) is 11.9. The molecule has 8 nitrogen and oxygen atoms in total. The van der Waals surface area contributed by atoms with Gasteiger partial charge in [-0.2, -0.15) is 5.10 Å². The Kier molecular flexibility index (Phi) is 7.28. The molecule has 3 N–H and O–H groups in total. The summed E-state index contributed by atoms with van der Waals surface area (Å²) in [6.07, 6.45) is 2.61. The molecular weight excluding hydrogens is 326 g/mol. The number of nitrogens with zero attached hydrogens (tertiary/aromatic N) is 1. The molecule has 122 valence electrons. The Bertz CT molecular complexity index is 645. The van der Waals surface area contributed by atoms with Crippen LogP contribution in [-0.2, 0) is 14.4 Å². The lowest BCUT2D eigenvalue weighted by atomic mass is 10.2. The van der Waals surface area contributed by atoms with Crippen molar-refractivity contribution >= 4 is 35.6 Å². The topological polar surface area (TPSA) is 117 Å². The van der Waals surface area contributed by atoms with E-state index in [1.165, 1.54) is 30.5 Å². The van der Waals surface area contributed by atoms with Crippen LogP contribution in [0.2, 0.25) is 5.02 Å². The Hall–Kier alpha value is -2.87. The molecular formula is C14H14ClN3O5. The molecule has 0 fully saturated rings. The number of hydrazone groups is 1. The first-order valence-electron chi connectivity index (χ1n) is 6.30. The molecule has 9 heteroatoms. The van der Waals surface area contributed by atoms with Crippen LogP contribution in [-0.4, -0.2) is 42.3 Å². The molecule has 0 bridgehead atoms. The van der Waals surface area contributed by atoms with Gasteiger partial charge < -0.3 is 15.2 Å². The smallest absolute Gasteiger partial charge is 0.341 e. The van der Waals surface area contributed by atoms with Crippen molar-refractivity contribution in [1.29, 1.82) is 0 Å². The molecule has 0 aromatic heterocycles. The van der Waals surface area contributed by atoms with Gasteiger partial charge in [-0.1, -0.05) is 17.7 Å². The standard InChI is InChI=1S/C14H14ClN3O5/c1-2-5-16-13(21)14(22)18-17-7-9-6-10(15)3-4-11(9)23-8-12(19)20/h2-4,6-7H,1,5,8H2,(H,16,21)(H,18,22)(H,19,20)/b17-7-. The summed E-state index contributed by atoms with van der Waals surface area (Å²) in [6, 6.07) is 4.44. The van der Waals surface area contributed by atoms with E-state index in [9.17, 15) is 14.4 Å². The molecule has 2 amide bonds. The van der Waals surface area contributed by atoms with Gasteiger partial charge in [-0.3, -0.25) is 9.59 Å². The van der Waals surface area contributed by atoms with Crippen molar-refractivity contribution in [3.63, 3.8) is 0 Å². The van der Waals surface area contributed by atoms with Gasteiger partial charge in [0.25, 0.3) is 0 Å². The SMILES string of the molecule is C=CCNC(=O)C(=O)N/N=C\c1cc(Cl)ccc1OCC(=O)O. The second-order valence-corrected chi connectivity index (χ2v) is 4.50. The fraction of sp³-hybridized carbons (Fsp3) is 0.143. The summed E-state index contributed by atoms with van der Waals surface area (Å²) >= 11 is 5.83. The number of carboxylic acid groups (broad SMARTS) is 1. The maximum Gasteiger partial charge on any atom is 0.341 e. The van der Waals surface area contributed by atoms with Gasteiger partial charge in [0, 0.05) is 17.1 Å². The highest BCUT2D eigenvalue weighted by Gasteiger charge is 2.11. The third-order valence-electron chi connectivity index (χ3n) is 2.31. The molecule has 0 heterocycles. The monoisotopic (exact) mass is 339 g/mol. The molecule has 0 atom stereocenters. The van der Waals surface area contributed by atoms with E-state index < -0.39 is 24.4 Å². The number of nitrogens with one attached hydrogen (secondary N) is 2. The van der Waals surface area contributed by atoms with Gasteiger partial charge in [0.15, 0.2) is 6.61 Å². The van der Waals surface area contributed by atoms with Crippen LogP contribution in [0.15, 0.2) is 36.0 Å². The Morgan fingerprint density at radius 1 is 1.35 bits per heavy atom. The third kappa shape index (κ3) is 6.62. The fourth-order valence-corrected chi connectivity index (χ4v) is 1.53. The number of hydrogen-bond donors (Lipinski definition) is 3. The highest BCUT2D eigenvalue weighted by molar-refractivity contribution is 6.35. The van der Waals surface area contributed by atoms with E-state index in [1.54, 1.807) is 0 Å². The van der Waals surface area contributed by atoms with Crippen molar-refractivity contribution < 1.29 is 24.2 Å². The van der Waals surface area contributed by atoms with E-state index in [4.69, 9.17) is 21.4 Å². The fourth-order valence-electron chi connectivity index (χ4n) is 1.35. The molecule has 0 aliphatic heterocycles. The molecule has 0 aliphatic rings. The van der Waals surface area contributed by atoms with Crippen LogP contribution in [0.5, 0.6) is 5.75 Å². The van der Waals surface area contributed by atoms with Gasteiger partial charge in [-0.25, -0.2) is 10.2 Å². The lowest BCUT2D eigenvalue weighted by Crippen LogP contribution is -2.37. The summed E-state index contributed by atoms with van der Waals surface area (Å²) in [7, 11) is 0. The van der Waals surface area contributed by atoms with Gasteiger partial charge in [-0.15, -0.1) is 6.58 Å².